The maximum Gasteiger partial charge on any atom is 0.208 e. The van der Waals surface area contributed by atoms with Crippen molar-refractivity contribution in [1.29, 1.82) is 0 Å². The lowest BCUT2D eigenvalue weighted by Gasteiger charge is -2.14. The Morgan fingerprint density at radius 3 is 1.09 bits per heavy atom. The molecule has 0 unspecified atom stereocenters. The molecule has 0 saturated carbocycles. The first-order valence-electron chi connectivity index (χ1n) is 9.73. The molecule has 0 aliphatic rings. The summed E-state index contributed by atoms with van der Waals surface area (Å²) in [5.74, 6) is -6.90. The van der Waals surface area contributed by atoms with Gasteiger partial charge in [0.05, 0.1) is 11.1 Å². The summed E-state index contributed by atoms with van der Waals surface area (Å²) in [6.07, 6.45) is 0. The Balaban J connectivity index is 1.60. The summed E-state index contributed by atoms with van der Waals surface area (Å²) in [5.41, 5.74) is 1.37. The first-order valence-corrected chi connectivity index (χ1v) is 9.73. The number of benzene rings is 4. The van der Waals surface area contributed by atoms with E-state index in [0.29, 0.717) is 16.9 Å². The lowest BCUT2D eigenvalue weighted by atomic mass is 10.0. The average Bonchev–Trinajstić information content (AvgIpc) is 2.82. The van der Waals surface area contributed by atoms with Crippen molar-refractivity contribution in [2.24, 2.45) is 0 Å². The SMILES string of the molecule is Oc1cc(O)c(O)c(-c2ccc(Nc3ccc(-c4c(O)c(O)c(O)c(O)c4O)cc3)cc2)c1O. The van der Waals surface area contributed by atoms with Crippen LogP contribution in [0.1, 0.15) is 0 Å². The van der Waals surface area contributed by atoms with E-state index in [2.05, 4.69) is 5.32 Å². The molecule has 0 saturated heterocycles. The number of phenols is 9. The molecule has 4 rings (SSSR count). The molecule has 0 aliphatic carbocycles. The molecule has 10 heteroatoms. The minimum atomic E-state index is -1.04. The number of phenolic OH excluding ortho intramolecular Hbond substituents is 9. The van der Waals surface area contributed by atoms with E-state index in [0.717, 1.165) is 6.07 Å². The molecule has 0 fully saturated rings. The molecular formula is C24H19NO9. The van der Waals surface area contributed by atoms with E-state index in [4.69, 9.17) is 0 Å². The van der Waals surface area contributed by atoms with Crippen molar-refractivity contribution in [2.45, 2.75) is 0 Å². The molecule has 10 N–H and O–H groups in total. The summed E-state index contributed by atoms with van der Waals surface area (Å²) in [5, 5.41) is 91.7. The summed E-state index contributed by atoms with van der Waals surface area (Å²) in [7, 11) is 0. The minimum Gasteiger partial charge on any atom is -0.504 e. The van der Waals surface area contributed by atoms with Crippen molar-refractivity contribution < 1.29 is 46.0 Å². The van der Waals surface area contributed by atoms with Gasteiger partial charge in [-0.25, -0.2) is 0 Å². The molecule has 0 spiro atoms. The van der Waals surface area contributed by atoms with Gasteiger partial charge >= 0.3 is 0 Å². The molecule has 0 amide bonds. The van der Waals surface area contributed by atoms with Gasteiger partial charge in [0, 0.05) is 17.4 Å². The molecule has 4 aromatic rings. The highest BCUT2D eigenvalue weighted by atomic mass is 16.4. The Labute approximate surface area is 191 Å². The zero-order valence-corrected chi connectivity index (χ0v) is 17.2. The zero-order chi connectivity index (χ0) is 24.7. The second kappa shape index (κ2) is 8.10. The van der Waals surface area contributed by atoms with Gasteiger partial charge in [-0.3, -0.25) is 0 Å². The summed E-state index contributed by atoms with van der Waals surface area (Å²) < 4.78 is 0. The van der Waals surface area contributed by atoms with Crippen molar-refractivity contribution in [3.05, 3.63) is 54.6 Å². The lowest BCUT2D eigenvalue weighted by Crippen LogP contribution is -1.91. The van der Waals surface area contributed by atoms with E-state index in [-0.39, 0.29) is 16.7 Å². The summed E-state index contributed by atoms with van der Waals surface area (Å²) >= 11 is 0. The van der Waals surface area contributed by atoms with Crippen LogP contribution in [0.2, 0.25) is 0 Å². The van der Waals surface area contributed by atoms with Gasteiger partial charge < -0.3 is 51.3 Å². The molecule has 34 heavy (non-hydrogen) atoms. The minimum absolute atomic E-state index is 0.131. The van der Waals surface area contributed by atoms with Crippen LogP contribution in [0.15, 0.2) is 54.6 Å². The van der Waals surface area contributed by atoms with Crippen molar-refractivity contribution in [1.82, 2.24) is 0 Å². The number of rotatable bonds is 4. The first-order chi connectivity index (χ1) is 16.1. The highest BCUT2D eigenvalue weighted by molar-refractivity contribution is 5.86. The number of aromatic hydroxyl groups is 9. The van der Waals surface area contributed by atoms with Crippen molar-refractivity contribution >= 4 is 11.4 Å². The van der Waals surface area contributed by atoms with E-state index >= 15 is 0 Å². The predicted molar refractivity (Wildman–Crippen MR) is 122 cm³/mol. The van der Waals surface area contributed by atoms with Gasteiger partial charge in [0.2, 0.25) is 17.2 Å². The third kappa shape index (κ3) is 3.58. The quantitative estimate of drug-likeness (QED) is 0.155. The summed E-state index contributed by atoms with van der Waals surface area (Å²) in [4.78, 5) is 0. The van der Waals surface area contributed by atoms with Crippen LogP contribution in [0, 0.1) is 0 Å². The second-order valence-electron chi connectivity index (χ2n) is 7.38. The van der Waals surface area contributed by atoms with Gasteiger partial charge in [-0.1, -0.05) is 24.3 Å². The smallest absolute Gasteiger partial charge is 0.208 e. The van der Waals surface area contributed by atoms with Gasteiger partial charge in [-0.05, 0) is 35.4 Å². The largest absolute Gasteiger partial charge is 0.504 e. The van der Waals surface area contributed by atoms with E-state index in [1.165, 1.54) is 12.1 Å². The van der Waals surface area contributed by atoms with Crippen LogP contribution in [0.5, 0.6) is 51.7 Å². The molecular weight excluding hydrogens is 446 g/mol. The lowest BCUT2D eigenvalue weighted by molar-refractivity contribution is 0.330. The summed E-state index contributed by atoms with van der Waals surface area (Å²) in [6.45, 7) is 0. The van der Waals surface area contributed by atoms with Crippen LogP contribution < -0.4 is 5.32 Å². The van der Waals surface area contributed by atoms with Gasteiger partial charge in [-0.15, -0.1) is 0 Å². The van der Waals surface area contributed by atoms with Gasteiger partial charge in [0.15, 0.2) is 34.5 Å². The fraction of sp³-hybridized carbons (Fsp3) is 0. The first kappa shape index (κ1) is 22.1. The van der Waals surface area contributed by atoms with Crippen LogP contribution >= 0.6 is 0 Å². The highest BCUT2D eigenvalue weighted by Gasteiger charge is 2.24. The highest BCUT2D eigenvalue weighted by Crippen LogP contribution is 2.54. The van der Waals surface area contributed by atoms with E-state index in [1.807, 2.05) is 0 Å². The molecule has 0 atom stereocenters. The van der Waals surface area contributed by atoms with Crippen LogP contribution in [-0.4, -0.2) is 46.0 Å². The predicted octanol–water partition coefficient (Wildman–Crippen LogP) is 4.11. The average molecular weight is 465 g/mol. The van der Waals surface area contributed by atoms with Crippen molar-refractivity contribution in [3.8, 4) is 74.0 Å². The van der Waals surface area contributed by atoms with Crippen molar-refractivity contribution in [3.63, 3.8) is 0 Å². The molecule has 0 heterocycles. The third-order valence-electron chi connectivity index (χ3n) is 5.24. The number of hydrogen-bond donors (Lipinski definition) is 10. The van der Waals surface area contributed by atoms with Crippen molar-refractivity contribution in [2.75, 3.05) is 5.32 Å². The normalized spacial score (nSPS) is 10.8. The standard InChI is InChI=1S/C24H19NO9/c26-14-9-15(27)19(29)16(18(14)28)10-1-5-12(6-2-10)25-13-7-3-11(4-8-13)17-20(30)22(32)24(34)23(33)21(17)31/h1-9,25-34H. The van der Waals surface area contributed by atoms with Crippen LogP contribution in [0.25, 0.3) is 22.3 Å². The van der Waals surface area contributed by atoms with E-state index in [1.54, 1.807) is 36.4 Å². The molecule has 0 aliphatic heterocycles. The number of nitrogens with one attached hydrogen (secondary N) is 1. The second-order valence-corrected chi connectivity index (χ2v) is 7.38. The van der Waals surface area contributed by atoms with Gasteiger partial charge in [-0.2, -0.15) is 0 Å². The van der Waals surface area contributed by atoms with Crippen LogP contribution in [0.4, 0.5) is 11.4 Å². The molecule has 4 aromatic carbocycles. The fourth-order valence-electron chi connectivity index (χ4n) is 3.47. The third-order valence-corrected chi connectivity index (χ3v) is 5.24. The van der Waals surface area contributed by atoms with Crippen LogP contribution in [0.3, 0.4) is 0 Å². The molecule has 174 valence electrons. The number of hydrogen-bond acceptors (Lipinski definition) is 10. The van der Waals surface area contributed by atoms with Crippen LogP contribution in [-0.2, 0) is 0 Å². The Morgan fingerprint density at radius 1 is 0.382 bits per heavy atom. The maximum absolute atomic E-state index is 10.1. The topological polar surface area (TPSA) is 194 Å². The Kier molecular flexibility index (Phi) is 5.26. The summed E-state index contributed by atoms with van der Waals surface area (Å²) in [6, 6.07) is 13.3. The Morgan fingerprint density at radius 2 is 0.706 bits per heavy atom. The van der Waals surface area contributed by atoms with Gasteiger partial charge in [0.25, 0.3) is 0 Å². The molecule has 0 radical (unpaired) electrons. The number of anilines is 2. The van der Waals surface area contributed by atoms with E-state index in [9.17, 15) is 46.0 Å². The molecule has 0 aromatic heterocycles. The Hall–Kier alpha value is -5.12. The monoisotopic (exact) mass is 465 g/mol. The Bertz CT molecular complexity index is 1340. The van der Waals surface area contributed by atoms with E-state index < -0.39 is 51.7 Å². The molecule has 10 nitrogen and oxygen atoms in total. The fourth-order valence-corrected chi connectivity index (χ4v) is 3.47. The van der Waals surface area contributed by atoms with Gasteiger partial charge in [0.1, 0.15) is 0 Å². The maximum atomic E-state index is 10.1. The molecule has 0 bridgehead atoms. The zero-order valence-electron chi connectivity index (χ0n) is 17.2.